The summed E-state index contributed by atoms with van der Waals surface area (Å²) in [5, 5.41) is 13.6. The number of unbranched alkanes of at least 4 members (excludes halogenated alkanes) is 6. The standard InChI is InChI=1S/C23H30ClN3O6/c1-3-5-7-9-11-32-22(30)20(28)26-17-13-16(15-25)14-18(19(17)24)27-21(29)23(31)33-12-10-8-6-4-2/h13-14H,3-12H2,1-2H3,(H,26,28)(H,27,29). The molecule has 0 bridgehead atoms. The normalized spacial score (nSPS) is 10.1. The fourth-order valence-electron chi connectivity index (χ4n) is 2.74. The summed E-state index contributed by atoms with van der Waals surface area (Å²) in [5.41, 5.74) is -0.148. The minimum Gasteiger partial charge on any atom is -0.459 e. The summed E-state index contributed by atoms with van der Waals surface area (Å²) >= 11 is 6.22. The quantitative estimate of drug-likeness (QED) is 0.258. The molecule has 0 radical (unpaired) electrons. The lowest BCUT2D eigenvalue weighted by Gasteiger charge is -2.13. The molecule has 0 saturated heterocycles. The Labute approximate surface area is 198 Å². The summed E-state index contributed by atoms with van der Waals surface area (Å²) in [6.45, 7) is 4.32. The van der Waals surface area contributed by atoms with Crippen molar-refractivity contribution >= 4 is 46.7 Å². The third kappa shape index (κ3) is 10.4. The lowest BCUT2D eigenvalue weighted by Crippen LogP contribution is -2.27. The first-order valence-corrected chi connectivity index (χ1v) is 11.4. The minimum atomic E-state index is -1.10. The fraction of sp³-hybridized carbons (Fsp3) is 0.522. The Morgan fingerprint density at radius 1 is 0.818 bits per heavy atom. The zero-order chi connectivity index (χ0) is 24.6. The predicted molar refractivity (Wildman–Crippen MR) is 124 cm³/mol. The van der Waals surface area contributed by atoms with E-state index in [0.717, 1.165) is 38.5 Å². The minimum absolute atomic E-state index is 0.0332. The van der Waals surface area contributed by atoms with Crippen LogP contribution in [0.3, 0.4) is 0 Å². The van der Waals surface area contributed by atoms with Crippen LogP contribution >= 0.6 is 11.6 Å². The van der Waals surface area contributed by atoms with Gasteiger partial charge in [0, 0.05) is 0 Å². The molecular weight excluding hydrogens is 450 g/mol. The first-order chi connectivity index (χ1) is 15.8. The molecule has 0 heterocycles. The monoisotopic (exact) mass is 479 g/mol. The molecule has 0 aliphatic carbocycles. The zero-order valence-electron chi connectivity index (χ0n) is 19.0. The molecule has 0 saturated carbocycles. The van der Waals surface area contributed by atoms with Crippen LogP contribution in [0.5, 0.6) is 0 Å². The molecular formula is C23H30ClN3O6. The average molecular weight is 480 g/mol. The van der Waals surface area contributed by atoms with Crippen LogP contribution in [0.2, 0.25) is 5.02 Å². The fourth-order valence-corrected chi connectivity index (χ4v) is 2.94. The highest BCUT2D eigenvalue weighted by atomic mass is 35.5. The average Bonchev–Trinajstić information content (AvgIpc) is 2.80. The smallest absolute Gasteiger partial charge is 0.397 e. The van der Waals surface area contributed by atoms with Crippen molar-refractivity contribution in [2.45, 2.75) is 65.2 Å². The van der Waals surface area contributed by atoms with Crippen molar-refractivity contribution < 1.29 is 28.7 Å². The van der Waals surface area contributed by atoms with Crippen molar-refractivity contribution in [3.8, 4) is 6.07 Å². The van der Waals surface area contributed by atoms with Crippen LogP contribution in [0.15, 0.2) is 12.1 Å². The second-order valence-corrected chi connectivity index (χ2v) is 7.68. The van der Waals surface area contributed by atoms with Gasteiger partial charge in [-0.1, -0.05) is 64.0 Å². The van der Waals surface area contributed by atoms with Gasteiger partial charge in [-0.2, -0.15) is 5.26 Å². The number of hydrogen-bond donors (Lipinski definition) is 2. The van der Waals surface area contributed by atoms with Gasteiger partial charge in [0.05, 0.1) is 41.2 Å². The van der Waals surface area contributed by atoms with Crippen molar-refractivity contribution in [1.82, 2.24) is 0 Å². The van der Waals surface area contributed by atoms with Crippen molar-refractivity contribution in [3.63, 3.8) is 0 Å². The van der Waals surface area contributed by atoms with Gasteiger partial charge in [-0.3, -0.25) is 9.59 Å². The maximum absolute atomic E-state index is 12.1. The molecule has 2 N–H and O–H groups in total. The maximum Gasteiger partial charge on any atom is 0.397 e. The van der Waals surface area contributed by atoms with Gasteiger partial charge < -0.3 is 20.1 Å². The molecule has 0 unspecified atom stereocenters. The Balaban J connectivity index is 2.76. The van der Waals surface area contributed by atoms with Crippen molar-refractivity contribution in [3.05, 3.63) is 22.7 Å². The van der Waals surface area contributed by atoms with Gasteiger partial charge in [0.25, 0.3) is 0 Å². The Kier molecular flexibility index (Phi) is 13.2. The Morgan fingerprint density at radius 3 is 1.61 bits per heavy atom. The molecule has 1 aromatic rings. The van der Waals surface area contributed by atoms with Crippen LogP contribution in [0.4, 0.5) is 11.4 Å². The second kappa shape index (κ2) is 15.6. The van der Waals surface area contributed by atoms with Gasteiger partial charge in [-0.05, 0) is 25.0 Å². The van der Waals surface area contributed by atoms with E-state index < -0.39 is 23.8 Å². The third-order valence-corrected chi connectivity index (χ3v) is 4.94. The highest BCUT2D eigenvalue weighted by Crippen LogP contribution is 2.32. The highest BCUT2D eigenvalue weighted by Gasteiger charge is 2.21. The Hall–Kier alpha value is -3.12. The summed E-state index contributed by atoms with van der Waals surface area (Å²) < 4.78 is 9.83. The Morgan fingerprint density at radius 2 is 1.24 bits per heavy atom. The number of hydrogen-bond acceptors (Lipinski definition) is 7. The van der Waals surface area contributed by atoms with Gasteiger partial charge in [0.15, 0.2) is 0 Å². The predicted octanol–water partition coefficient (Wildman–Crippen LogP) is 4.34. The molecule has 0 fully saturated rings. The lowest BCUT2D eigenvalue weighted by atomic mass is 10.1. The Bertz CT molecular complexity index is 820. The first-order valence-electron chi connectivity index (χ1n) is 11.0. The summed E-state index contributed by atoms with van der Waals surface area (Å²) in [5.74, 6) is -4.35. The summed E-state index contributed by atoms with van der Waals surface area (Å²) in [6, 6.07) is 4.32. The second-order valence-electron chi connectivity index (χ2n) is 7.30. The number of carbonyl (C=O) groups excluding carboxylic acids is 4. The van der Waals surface area contributed by atoms with E-state index in [1.165, 1.54) is 12.1 Å². The van der Waals surface area contributed by atoms with E-state index in [9.17, 15) is 24.4 Å². The van der Waals surface area contributed by atoms with E-state index in [-0.39, 0.29) is 35.2 Å². The van der Waals surface area contributed by atoms with E-state index in [0.29, 0.717) is 12.8 Å². The molecule has 0 atom stereocenters. The molecule has 1 aromatic carbocycles. The van der Waals surface area contributed by atoms with Gasteiger partial charge >= 0.3 is 23.8 Å². The van der Waals surface area contributed by atoms with Crippen molar-refractivity contribution in [1.29, 1.82) is 5.26 Å². The largest absolute Gasteiger partial charge is 0.459 e. The number of esters is 2. The molecule has 9 nitrogen and oxygen atoms in total. The molecule has 33 heavy (non-hydrogen) atoms. The molecule has 180 valence electrons. The zero-order valence-corrected chi connectivity index (χ0v) is 19.8. The van der Waals surface area contributed by atoms with Crippen LogP contribution in [0.25, 0.3) is 0 Å². The number of amides is 2. The van der Waals surface area contributed by atoms with E-state index in [2.05, 4.69) is 10.6 Å². The summed E-state index contributed by atoms with van der Waals surface area (Å²) in [6.07, 6.45) is 7.10. The number of halogens is 1. The molecule has 10 heteroatoms. The SMILES string of the molecule is CCCCCCOC(=O)C(=O)Nc1cc(C#N)cc(NC(=O)C(=O)OCCCCCC)c1Cl. The molecule has 0 aliphatic heterocycles. The number of nitrogens with one attached hydrogen (secondary N) is 2. The summed E-state index contributed by atoms with van der Waals surface area (Å²) in [7, 11) is 0. The van der Waals surface area contributed by atoms with Gasteiger partial charge in [-0.15, -0.1) is 0 Å². The molecule has 2 amide bonds. The van der Waals surface area contributed by atoms with Crippen LogP contribution in [-0.4, -0.2) is 37.0 Å². The maximum atomic E-state index is 12.1. The number of anilines is 2. The van der Waals surface area contributed by atoms with E-state index in [1.54, 1.807) is 0 Å². The third-order valence-electron chi connectivity index (χ3n) is 4.53. The number of nitriles is 1. The molecule has 0 aromatic heterocycles. The first kappa shape index (κ1) is 27.9. The van der Waals surface area contributed by atoms with Gasteiger partial charge in [0.1, 0.15) is 0 Å². The molecule has 0 spiro atoms. The van der Waals surface area contributed by atoms with E-state index >= 15 is 0 Å². The van der Waals surface area contributed by atoms with Crippen molar-refractivity contribution in [2.24, 2.45) is 0 Å². The van der Waals surface area contributed by atoms with E-state index in [4.69, 9.17) is 21.1 Å². The van der Waals surface area contributed by atoms with Crippen LogP contribution in [0, 0.1) is 11.3 Å². The number of carbonyl (C=O) groups is 4. The lowest BCUT2D eigenvalue weighted by molar-refractivity contribution is -0.152. The topological polar surface area (TPSA) is 135 Å². The van der Waals surface area contributed by atoms with Crippen LogP contribution in [-0.2, 0) is 28.7 Å². The van der Waals surface area contributed by atoms with Gasteiger partial charge in [-0.25, -0.2) is 9.59 Å². The number of benzene rings is 1. The van der Waals surface area contributed by atoms with Crippen molar-refractivity contribution in [2.75, 3.05) is 23.8 Å². The highest BCUT2D eigenvalue weighted by molar-refractivity contribution is 6.43. The molecule has 1 rings (SSSR count). The number of ether oxygens (including phenoxy) is 2. The van der Waals surface area contributed by atoms with Gasteiger partial charge in [0.2, 0.25) is 0 Å². The van der Waals surface area contributed by atoms with E-state index in [1.807, 2.05) is 19.9 Å². The van der Waals surface area contributed by atoms with Crippen LogP contribution in [0.1, 0.15) is 70.8 Å². The number of nitrogens with zero attached hydrogens (tertiary/aromatic N) is 1. The molecule has 0 aliphatic rings. The summed E-state index contributed by atoms with van der Waals surface area (Å²) in [4.78, 5) is 48.0. The number of rotatable bonds is 12. The van der Waals surface area contributed by atoms with Crippen LogP contribution < -0.4 is 10.6 Å².